The van der Waals surface area contributed by atoms with Gasteiger partial charge in [-0.3, -0.25) is 4.79 Å². The molecule has 0 aromatic heterocycles. The number of carbonyl (C=O) groups is 2. The number of benzene rings is 2. The fourth-order valence-electron chi connectivity index (χ4n) is 2.38. The minimum Gasteiger partial charge on any atom is -0.338 e. The standard InChI is InChI=1S/C19H22ClN3O2/c1-2-15-7-3-4-9-17(15)23-18(24)13-22-19(25)21-11-10-14-6-5-8-16(20)12-14/h3-9,12H,2,10-11,13H2,1H3,(H,23,24)(H2,21,22,25). The van der Waals surface area contributed by atoms with Crippen LogP contribution < -0.4 is 16.0 Å². The number of para-hydroxylation sites is 1. The van der Waals surface area contributed by atoms with E-state index in [9.17, 15) is 9.59 Å². The van der Waals surface area contributed by atoms with Gasteiger partial charge in [-0.1, -0.05) is 48.9 Å². The summed E-state index contributed by atoms with van der Waals surface area (Å²) in [6.45, 7) is 2.41. The summed E-state index contributed by atoms with van der Waals surface area (Å²) in [6.07, 6.45) is 1.50. The van der Waals surface area contributed by atoms with Crippen molar-refractivity contribution in [3.05, 3.63) is 64.7 Å². The predicted molar refractivity (Wildman–Crippen MR) is 101 cm³/mol. The number of rotatable bonds is 7. The molecular formula is C19H22ClN3O2. The first-order valence-electron chi connectivity index (χ1n) is 8.22. The lowest BCUT2D eigenvalue weighted by atomic mass is 10.1. The zero-order valence-electron chi connectivity index (χ0n) is 14.1. The summed E-state index contributed by atoms with van der Waals surface area (Å²) in [6, 6.07) is 14.7. The Balaban J connectivity index is 1.69. The molecule has 0 spiro atoms. The van der Waals surface area contributed by atoms with Crippen LogP contribution in [0.5, 0.6) is 0 Å². The molecule has 2 rings (SSSR count). The van der Waals surface area contributed by atoms with E-state index in [1.54, 1.807) is 6.07 Å². The maximum absolute atomic E-state index is 11.9. The molecule has 0 saturated heterocycles. The largest absolute Gasteiger partial charge is 0.338 e. The molecule has 3 amide bonds. The van der Waals surface area contributed by atoms with Crippen LogP contribution in [0.3, 0.4) is 0 Å². The number of aryl methyl sites for hydroxylation is 1. The monoisotopic (exact) mass is 359 g/mol. The molecule has 3 N–H and O–H groups in total. The van der Waals surface area contributed by atoms with Crippen molar-refractivity contribution >= 4 is 29.2 Å². The van der Waals surface area contributed by atoms with Gasteiger partial charge in [0.25, 0.3) is 0 Å². The Morgan fingerprint density at radius 1 is 1.04 bits per heavy atom. The van der Waals surface area contributed by atoms with Gasteiger partial charge in [-0.25, -0.2) is 4.79 Å². The van der Waals surface area contributed by atoms with Crippen molar-refractivity contribution in [2.75, 3.05) is 18.4 Å². The molecule has 25 heavy (non-hydrogen) atoms. The lowest BCUT2D eigenvalue weighted by Gasteiger charge is -2.11. The highest BCUT2D eigenvalue weighted by Crippen LogP contribution is 2.15. The lowest BCUT2D eigenvalue weighted by Crippen LogP contribution is -2.40. The summed E-state index contributed by atoms with van der Waals surface area (Å²) in [4.78, 5) is 23.7. The molecule has 0 fully saturated rings. The summed E-state index contributed by atoms with van der Waals surface area (Å²) in [5.74, 6) is -0.258. The molecule has 0 aliphatic carbocycles. The molecule has 5 nitrogen and oxygen atoms in total. The quantitative estimate of drug-likeness (QED) is 0.709. The van der Waals surface area contributed by atoms with E-state index in [1.165, 1.54) is 0 Å². The molecule has 132 valence electrons. The van der Waals surface area contributed by atoms with Crippen molar-refractivity contribution in [1.82, 2.24) is 10.6 Å². The van der Waals surface area contributed by atoms with Crippen LogP contribution in [0.1, 0.15) is 18.1 Å². The van der Waals surface area contributed by atoms with Crippen molar-refractivity contribution < 1.29 is 9.59 Å². The predicted octanol–water partition coefficient (Wildman–Crippen LogP) is 3.38. The molecule has 6 heteroatoms. The van der Waals surface area contributed by atoms with Gasteiger partial charge in [0.15, 0.2) is 0 Å². The summed E-state index contributed by atoms with van der Waals surface area (Å²) in [7, 11) is 0. The van der Waals surface area contributed by atoms with E-state index in [4.69, 9.17) is 11.6 Å². The first kappa shape index (κ1) is 18.8. The van der Waals surface area contributed by atoms with Gasteiger partial charge in [0.2, 0.25) is 5.91 Å². The second-order valence-electron chi connectivity index (χ2n) is 5.55. The Morgan fingerprint density at radius 3 is 2.60 bits per heavy atom. The Hall–Kier alpha value is -2.53. The van der Waals surface area contributed by atoms with E-state index in [2.05, 4.69) is 16.0 Å². The maximum Gasteiger partial charge on any atom is 0.315 e. The molecule has 0 atom stereocenters. The van der Waals surface area contributed by atoms with Crippen molar-refractivity contribution in [2.45, 2.75) is 19.8 Å². The minimum atomic E-state index is -0.374. The van der Waals surface area contributed by atoms with Gasteiger partial charge in [0.05, 0.1) is 6.54 Å². The molecule has 0 aliphatic heterocycles. The van der Waals surface area contributed by atoms with Gasteiger partial charge in [-0.2, -0.15) is 0 Å². The maximum atomic E-state index is 11.9. The number of carbonyl (C=O) groups excluding carboxylic acids is 2. The van der Waals surface area contributed by atoms with Crippen LogP contribution in [0.2, 0.25) is 5.02 Å². The fraction of sp³-hybridized carbons (Fsp3) is 0.263. The van der Waals surface area contributed by atoms with E-state index in [1.807, 2.05) is 49.4 Å². The molecule has 0 saturated carbocycles. The lowest BCUT2D eigenvalue weighted by molar-refractivity contribution is -0.115. The van der Waals surface area contributed by atoms with E-state index >= 15 is 0 Å². The molecular weight excluding hydrogens is 338 g/mol. The van der Waals surface area contributed by atoms with Crippen molar-refractivity contribution in [3.63, 3.8) is 0 Å². The normalized spacial score (nSPS) is 10.2. The molecule has 0 bridgehead atoms. The Bertz CT molecular complexity index is 734. The highest BCUT2D eigenvalue weighted by Gasteiger charge is 2.07. The number of amides is 3. The summed E-state index contributed by atoms with van der Waals surface area (Å²) >= 11 is 5.91. The van der Waals surface area contributed by atoms with Gasteiger partial charge in [-0.15, -0.1) is 0 Å². The van der Waals surface area contributed by atoms with E-state index in [-0.39, 0.29) is 18.5 Å². The van der Waals surface area contributed by atoms with Crippen LogP contribution in [0.25, 0.3) is 0 Å². The number of urea groups is 1. The van der Waals surface area contributed by atoms with Crippen LogP contribution in [-0.2, 0) is 17.6 Å². The first-order valence-corrected chi connectivity index (χ1v) is 8.60. The van der Waals surface area contributed by atoms with Gasteiger partial charge in [0.1, 0.15) is 0 Å². The zero-order chi connectivity index (χ0) is 18.1. The third-order valence-corrected chi connectivity index (χ3v) is 3.91. The molecule has 0 unspecified atom stereocenters. The van der Waals surface area contributed by atoms with Crippen molar-refractivity contribution in [2.24, 2.45) is 0 Å². The van der Waals surface area contributed by atoms with E-state index < -0.39 is 0 Å². The number of hydrogen-bond donors (Lipinski definition) is 3. The average molecular weight is 360 g/mol. The van der Waals surface area contributed by atoms with Crippen LogP contribution in [0.15, 0.2) is 48.5 Å². The third-order valence-electron chi connectivity index (χ3n) is 3.67. The number of nitrogens with one attached hydrogen (secondary N) is 3. The van der Waals surface area contributed by atoms with Crippen LogP contribution in [0, 0.1) is 0 Å². The number of hydrogen-bond acceptors (Lipinski definition) is 2. The summed E-state index contributed by atoms with van der Waals surface area (Å²) < 4.78 is 0. The van der Waals surface area contributed by atoms with E-state index in [0.29, 0.717) is 18.0 Å². The smallest absolute Gasteiger partial charge is 0.315 e. The van der Waals surface area contributed by atoms with Crippen molar-refractivity contribution in [1.29, 1.82) is 0 Å². The Kier molecular flexibility index (Phi) is 7.29. The molecule has 0 heterocycles. The molecule has 0 aliphatic rings. The zero-order valence-corrected chi connectivity index (χ0v) is 14.9. The molecule has 0 radical (unpaired) electrons. The SMILES string of the molecule is CCc1ccccc1NC(=O)CNC(=O)NCCc1cccc(Cl)c1. The highest BCUT2D eigenvalue weighted by atomic mass is 35.5. The van der Waals surface area contributed by atoms with Gasteiger partial charge >= 0.3 is 6.03 Å². The highest BCUT2D eigenvalue weighted by molar-refractivity contribution is 6.30. The first-order chi connectivity index (χ1) is 12.1. The van der Waals surface area contributed by atoms with Gasteiger partial charge in [0, 0.05) is 17.3 Å². The fourth-order valence-corrected chi connectivity index (χ4v) is 2.59. The van der Waals surface area contributed by atoms with Crippen LogP contribution in [-0.4, -0.2) is 25.0 Å². The minimum absolute atomic E-state index is 0.0823. The number of halogens is 1. The van der Waals surface area contributed by atoms with Gasteiger partial charge in [-0.05, 0) is 42.2 Å². The van der Waals surface area contributed by atoms with Crippen LogP contribution >= 0.6 is 11.6 Å². The average Bonchev–Trinajstić information content (AvgIpc) is 2.60. The molecule has 2 aromatic carbocycles. The Labute approximate surface area is 152 Å². The van der Waals surface area contributed by atoms with Crippen LogP contribution in [0.4, 0.5) is 10.5 Å². The second kappa shape index (κ2) is 9.69. The topological polar surface area (TPSA) is 70.2 Å². The second-order valence-corrected chi connectivity index (χ2v) is 5.98. The van der Waals surface area contributed by atoms with Crippen molar-refractivity contribution in [3.8, 4) is 0 Å². The van der Waals surface area contributed by atoms with E-state index in [0.717, 1.165) is 23.2 Å². The summed E-state index contributed by atoms with van der Waals surface area (Å²) in [5.41, 5.74) is 2.88. The summed E-state index contributed by atoms with van der Waals surface area (Å²) in [5, 5.41) is 8.75. The Morgan fingerprint density at radius 2 is 1.84 bits per heavy atom. The van der Waals surface area contributed by atoms with Gasteiger partial charge < -0.3 is 16.0 Å². The third kappa shape index (κ3) is 6.47. The molecule has 2 aromatic rings. The number of anilines is 1.